The van der Waals surface area contributed by atoms with E-state index in [4.69, 9.17) is 34.8 Å². The van der Waals surface area contributed by atoms with Crippen LogP contribution >= 0.6 is 46.6 Å². The summed E-state index contributed by atoms with van der Waals surface area (Å²) in [5.41, 5.74) is 1.79. The Morgan fingerprint density at radius 2 is 1.74 bits per heavy atom. The van der Waals surface area contributed by atoms with Crippen LogP contribution < -0.4 is 5.32 Å². The largest absolute Gasteiger partial charge is 0.352 e. The number of benzene rings is 2. The molecular formula is C23H27Cl3N2O2S. The van der Waals surface area contributed by atoms with Gasteiger partial charge in [0, 0.05) is 23.4 Å². The van der Waals surface area contributed by atoms with E-state index in [-0.39, 0.29) is 30.2 Å². The Bertz CT molecular complexity index is 908. The zero-order chi connectivity index (χ0) is 23.0. The van der Waals surface area contributed by atoms with Gasteiger partial charge in [0.25, 0.3) is 0 Å². The minimum Gasteiger partial charge on any atom is -0.352 e. The van der Waals surface area contributed by atoms with E-state index in [0.717, 1.165) is 11.1 Å². The fourth-order valence-electron chi connectivity index (χ4n) is 3.08. The lowest BCUT2D eigenvalue weighted by molar-refractivity contribution is -0.139. The summed E-state index contributed by atoms with van der Waals surface area (Å²) in [5.74, 6) is 0.565. The number of halogens is 3. The first kappa shape index (κ1) is 25.9. The minimum atomic E-state index is -0.578. The molecule has 31 heavy (non-hydrogen) atoms. The van der Waals surface area contributed by atoms with Gasteiger partial charge < -0.3 is 10.2 Å². The first-order chi connectivity index (χ1) is 14.7. The number of carbonyl (C=O) groups excluding carboxylic acids is 2. The van der Waals surface area contributed by atoms with Crippen molar-refractivity contribution in [2.24, 2.45) is 0 Å². The molecular weight excluding hydrogens is 475 g/mol. The maximum Gasteiger partial charge on any atom is 0.243 e. The molecule has 0 spiro atoms. The van der Waals surface area contributed by atoms with Crippen LogP contribution in [0.2, 0.25) is 15.1 Å². The van der Waals surface area contributed by atoms with Gasteiger partial charge in [-0.05, 0) is 49.6 Å². The highest BCUT2D eigenvalue weighted by molar-refractivity contribution is 7.99. The van der Waals surface area contributed by atoms with E-state index in [1.807, 2.05) is 51.1 Å². The van der Waals surface area contributed by atoms with Crippen molar-refractivity contribution in [3.05, 3.63) is 68.7 Å². The van der Waals surface area contributed by atoms with Crippen LogP contribution in [-0.2, 0) is 21.9 Å². The van der Waals surface area contributed by atoms with Crippen molar-refractivity contribution < 1.29 is 9.59 Å². The molecule has 1 N–H and O–H groups in total. The number of hydrogen-bond donors (Lipinski definition) is 1. The van der Waals surface area contributed by atoms with Crippen molar-refractivity contribution in [2.75, 3.05) is 5.75 Å². The van der Waals surface area contributed by atoms with Crippen LogP contribution in [-0.4, -0.2) is 34.6 Å². The van der Waals surface area contributed by atoms with E-state index >= 15 is 0 Å². The Morgan fingerprint density at radius 1 is 1.03 bits per heavy atom. The Labute approximate surface area is 203 Å². The molecule has 0 radical (unpaired) electrons. The molecule has 2 aromatic rings. The number of amides is 2. The SMILES string of the molecule is CC[C@H](C(=O)NC(C)C)N(Cc1ccc(Cl)c(Cl)c1)C(=O)CSCc1ccccc1Cl. The van der Waals surface area contributed by atoms with Gasteiger partial charge in [-0.1, -0.05) is 66.0 Å². The van der Waals surface area contributed by atoms with Crippen molar-refractivity contribution in [1.82, 2.24) is 10.2 Å². The lowest BCUT2D eigenvalue weighted by Gasteiger charge is -2.31. The Balaban J connectivity index is 2.18. The van der Waals surface area contributed by atoms with E-state index in [1.54, 1.807) is 17.0 Å². The van der Waals surface area contributed by atoms with E-state index in [0.29, 0.717) is 27.2 Å². The predicted molar refractivity (Wildman–Crippen MR) is 132 cm³/mol. The number of nitrogens with one attached hydrogen (secondary N) is 1. The second-order valence-corrected chi connectivity index (χ2v) is 9.65. The van der Waals surface area contributed by atoms with Crippen LogP contribution in [0.15, 0.2) is 42.5 Å². The van der Waals surface area contributed by atoms with Gasteiger partial charge >= 0.3 is 0 Å². The minimum absolute atomic E-state index is 0.0157. The van der Waals surface area contributed by atoms with Crippen LogP contribution in [0.5, 0.6) is 0 Å². The number of hydrogen-bond acceptors (Lipinski definition) is 3. The molecule has 0 unspecified atom stereocenters. The molecule has 2 aromatic carbocycles. The maximum atomic E-state index is 13.2. The number of nitrogens with zero attached hydrogens (tertiary/aromatic N) is 1. The van der Waals surface area contributed by atoms with Gasteiger partial charge in [0.1, 0.15) is 6.04 Å². The molecule has 8 heteroatoms. The third kappa shape index (κ3) is 7.90. The molecule has 4 nitrogen and oxygen atoms in total. The molecule has 0 aliphatic heterocycles. The average molecular weight is 502 g/mol. The highest BCUT2D eigenvalue weighted by Gasteiger charge is 2.29. The van der Waals surface area contributed by atoms with Crippen LogP contribution in [0.3, 0.4) is 0 Å². The molecule has 0 aromatic heterocycles. The summed E-state index contributed by atoms with van der Waals surface area (Å²) in [5, 5.41) is 4.46. The van der Waals surface area contributed by atoms with Crippen molar-refractivity contribution in [3.8, 4) is 0 Å². The Kier molecular flexibility index (Phi) is 10.5. The van der Waals surface area contributed by atoms with Crippen LogP contribution in [0.1, 0.15) is 38.3 Å². The summed E-state index contributed by atoms with van der Waals surface area (Å²) in [6, 6.07) is 12.2. The molecule has 2 amide bonds. The quantitative estimate of drug-likeness (QED) is 0.421. The number of rotatable bonds is 10. The van der Waals surface area contributed by atoms with Gasteiger partial charge in [0.15, 0.2) is 0 Å². The summed E-state index contributed by atoms with van der Waals surface area (Å²) < 4.78 is 0. The summed E-state index contributed by atoms with van der Waals surface area (Å²) in [6.45, 7) is 5.97. The third-order valence-corrected chi connectivity index (χ3v) is 6.67. The molecule has 0 saturated carbocycles. The van der Waals surface area contributed by atoms with Gasteiger partial charge in [0.05, 0.1) is 15.8 Å². The van der Waals surface area contributed by atoms with E-state index in [1.165, 1.54) is 11.8 Å². The second-order valence-electron chi connectivity index (χ2n) is 7.44. The summed E-state index contributed by atoms with van der Waals surface area (Å²) in [4.78, 5) is 27.6. The summed E-state index contributed by atoms with van der Waals surface area (Å²) in [6.07, 6.45) is 0.501. The number of carbonyl (C=O) groups is 2. The second kappa shape index (κ2) is 12.6. The normalized spacial score (nSPS) is 12.0. The van der Waals surface area contributed by atoms with Crippen molar-refractivity contribution >= 4 is 58.4 Å². The number of thioether (sulfide) groups is 1. The van der Waals surface area contributed by atoms with E-state index < -0.39 is 6.04 Å². The lowest BCUT2D eigenvalue weighted by atomic mass is 10.1. The molecule has 0 heterocycles. The van der Waals surface area contributed by atoms with Crippen molar-refractivity contribution in [1.29, 1.82) is 0 Å². The van der Waals surface area contributed by atoms with E-state index in [2.05, 4.69) is 5.32 Å². The monoisotopic (exact) mass is 500 g/mol. The fraction of sp³-hybridized carbons (Fsp3) is 0.391. The molecule has 2 rings (SSSR count). The highest BCUT2D eigenvalue weighted by atomic mass is 35.5. The fourth-order valence-corrected chi connectivity index (χ4v) is 4.60. The van der Waals surface area contributed by atoms with Gasteiger partial charge in [-0.25, -0.2) is 0 Å². The van der Waals surface area contributed by atoms with Crippen LogP contribution in [0.25, 0.3) is 0 Å². The summed E-state index contributed by atoms with van der Waals surface area (Å²) in [7, 11) is 0. The maximum absolute atomic E-state index is 13.2. The molecule has 1 atom stereocenters. The van der Waals surface area contributed by atoms with Crippen LogP contribution in [0, 0.1) is 0 Å². The van der Waals surface area contributed by atoms with Gasteiger partial charge in [-0.2, -0.15) is 0 Å². The van der Waals surface area contributed by atoms with Gasteiger partial charge in [-0.3, -0.25) is 9.59 Å². The molecule has 0 bridgehead atoms. The highest BCUT2D eigenvalue weighted by Crippen LogP contribution is 2.25. The molecule has 168 valence electrons. The lowest BCUT2D eigenvalue weighted by Crippen LogP contribution is -2.50. The predicted octanol–water partition coefficient (Wildman–Crippen LogP) is 6.21. The molecule has 0 fully saturated rings. The zero-order valence-corrected chi connectivity index (χ0v) is 20.9. The first-order valence-electron chi connectivity index (χ1n) is 10.1. The van der Waals surface area contributed by atoms with Gasteiger partial charge in [-0.15, -0.1) is 11.8 Å². The molecule has 0 saturated heterocycles. The topological polar surface area (TPSA) is 49.4 Å². The van der Waals surface area contributed by atoms with Crippen LogP contribution in [0.4, 0.5) is 0 Å². The van der Waals surface area contributed by atoms with Gasteiger partial charge in [0.2, 0.25) is 11.8 Å². The van der Waals surface area contributed by atoms with E-state index in [9.17, 15) is 9.59 Å². The zero-order valence-electron chi connectivity index (χ0n) is 17.8. The van der Waals surface area contributed by atoms with Crippen molar-refractivity contribution in [2.45, 2.75) is 51.6 Å². The first-order valence-corrected chi connectivity index (χ1v) is 12.4. The summed E-state index contributed by atoms with van der Waals surface area (Å²) >= 11 is 19.9. The third-order valence-electron chi connectivity index (χ3n) is 4.59. The van der Waals surface area contributed by atoms with Crippen molar-refractivity contribution in [3.63, 3.8) is 0 Å². The molecule has 0 aliphatic rings. The Hall–Kier alpha value is -1.40. The standard InChI is InChI=1S/C23H27Cl3N2O2S/c1-4-21(23(30)27-15(2)3)28(12-16-9-10-19(25)20(26)11-16)22(29)14-31-13-17-7-5-6-8-18(17)24/h5-11,15,21H,4,12-14H2,1-3H3,(H,27,30)/t21-/m1/s1. The Morgan fingerprint density at radius 3 is 2.35 bits per heavy atom. The smallest absolute Gasteiger partial charge is 0.243 e. The molecule has 0 aliphatic carbocycles. The average Bonchev–Trinajstić information content (AvgIpc) is 2.71.